The SMILES string of the molecule is O=C(CSc1nnc(CNc2ccc(F)cc2)n1C[C@H]1CCCO1)Nc1ccc(F)cc1. The van der Waals surface area contributed by atoms with E-state index in [0.717, 1.165) is 25.1 Å². The molecule has 1 atom stereocenters. The molecule has 0 saturated carbocycles. The van der Waals surface area contributed by atoms with E-state index in [1.54, 1.807) is 12.1 Å². The highest BCUT2D eigenvalue weighted by molar-refractivity contribution is 7.99. The van der Waals surface area contributed by atoms with E-state index in [4.69, 9.17) is 4.74 Å². The molecule has 0 spiro atoms. The Morgan fingerprint density at radius 3 is 2.41 bits per heavy atom. The van der Waals surface area contributed by atoms with Crippen molar-refractivity contribution in [1.29, 1.82) is 0 Å². The van der Waals surface area contributed by atoms with E-state index in [-0.39, 0.29) is 29.4 Å². The molecule has 1 fully saturated rings. The van der Waals surface area contributed by atoms with E-state index in [2.05, 4.69) is 20.8 Å². The van der Waals surface area contributed by atoms with E-state index >= 15 is 0 Å². The van der Waals surface area contributed by atoms with Crippen molar-refractivity contribution < 1.29 is 18.3 Å². The molecule has 1 amide bonds. The molecule has 1 aromatic heterocycles. The van der Waals surface area contributed by atoms with Gasteiger partial charge < -0.3 is 19.9 Å². The van der Waals surface area contributed by atoms with E-state index in [1.807, 2.05) is 4.57 Å². The molecule has 0 aliphatic carbocycles. The first-order valence-electron chi connectivity index (χ1n) is 10.3. The van der Waals surface area contributed by atoms with Gasteiger partial charge in [-0.1, -0.05) is 11.8 Å². The monoisotopic (exact) mass is 459 g/mol. The average molecular weight is 460 g/mol. The van der Waals surface area contributed by atoms with Gasteiger partial charge in [-0.25, -0.2) is 8.78 Å². The first kappa shape index (κ1) is 22.2. The van der Waals surface area contributed by atoms with E-state index < -0.39 is 0 Å². The molecule has 168 valence electrons. The number of carbonyl (C=O) groups excluding carboxylic acids is 1. The molecule has 32 heavy (non-hydrogen) atoms. The Balaban J connectivity index is 1.41. The third-order valence-corrected chi connectivity index (χ3v) is 5.93. The zero-order chi connectivity index (χ0) is 22.3. The molecule has 0 bridgehead atoms. The van der Waals surface area contributed by atoms with Crippen LogP contribution in [0.3, 0.4) is 0 Å². The van der Waals surface area contributed by atoms with Gasteiger partial charge in [0.25, 0.3) is 0 Å². The van der Waals surface area contributed by atoms with E-state index in [1.165, 1.54) is 48.2 Å². The number of nitrogens with one attached hydrogen (secondary N) is 2. The predicted octanol–water partition coefficient (Wildman–Crippen LogP) is 4.08. The highest BCUT2D eigenvalue weighted by atomic mass is 32.2. The van der Waals surface area contributed by atoms with Crippen molar-refractivity contribution in [2.45, 2.75) is 37.2 Å². The summed E-state index contributed by atoms with van der Waals surface area (Å²) >= 11 is 1.28. The Bertz CT molecular complexity index is 1040. The molecule has 2 N–H and O–H groups in total. The summed E-state index contributed by atoms with van der Waals surface area (Å²) < 4.78 is 33.9. The van der Waals surface area contributed by atoms with Crippen LogP contribution in [0.15, 0.2) is 53.7 Å². The van der Waals surface area contributed by atoms with Crippen LogP contribution < -0.4 is 10.6 Å². The quantitative estimate of drug-likeness (QED) is 0.470. The Morgan fingerprint density at radius 1 is 1.06 bits per heavy atom. The fraction of sp³-hybridized carbons (Fsp3) is 0.318. The number of hydrogen-bond acceptors (Lipinski definition) is 6. The Labute approximate surface area is 188 Å². The zero-order valence-corrected chi connectivity index (χ0v) is 18.1. The van der Waals surface area contributed by atoms with Gasteiger partial charge in [-0.3, -0.25) is 4.79 Å². The maximum absolute atomic E-state index is 13.1. The van der Waals surface area contributed by atoms with Crippen LogP contribution in [0.4, 0.5) is 20.2 Å². The van der Waals surface area contributed by atoms with Gasteiger partial charge in [0.05, 0.1) is 24.9 Å². The van der Waals surface area contributed by atoms with Gasteiger partial charge in [0.2, 0.25) is 5.91 Å². The van der Waals surface area contributed by atoms with Crippen LogP contribution in [0.25, 0.3) is 0 Å². The van der Waals surface area contributed by atoms with Gasteiger partial charge >= 0.3 is 0 Å². The van der Waals surface area contributed by atoms with Crippen molar-refractivity contribution in [1.82, 2.24) is 14.8 Å². The predicted molar refractivity (Wildman–Crippen MR) is 118 cm³/mol. The van der Waals surface area contributed by atoms with Gasteiger partial charge in [-0.15, -0.1) is 10.2 Å². The number of carbonyl (C=O) groups is 1. The minimum Gasteiger partial charge on any atom is -0.378 e. The molecular formula is C22H23F2N5O2S. The lowest BCUT2D eigenvalue weighted by atomic mass is 10.2. The van der Waals surface area contributed by atoms with Gasteiger partial charge in [0, 0.05) is 18.0 Å². The number of hydrogen-bond donors (Lipinski definition) is 2. The molecule has 0 radical (unpaired) electrons. The molecule has 0 unspecified atom stereocenters. The highest BCUT2D eigenvalue weighted by Crippen LogP contribution is 2.22. The number of aromatic nitrogens is 3. The van der Waals surface area contributed by atoms with Crippen molar-refractivity contribution in [3.05, 3.63) is 66.0 Å². The Hall–Kier alpha value is -2.98. The minimum absolute atomic E-state index is 0.0722. The van der Waals surface area contributed by atoms with E-state index in [0.29, 0.717) is 29.8 Å². The van der Waals surface area contributed by atoms with Crippen molar-refractivity contribution in [2.24, 2.45) is 0 Å². The van der Waals surface area contributed by atoms with E-state index in [9.17, 15) is 13.6 Å². The number of amides is 1. The summed E-state index contributed by atoms with van der Waals surface area (Å²) in [7, 11) is 0. The highest BCUT2D eigenvalue weighted by Gasteiger charge is 2.21. The van der Waals surface area contributed by atoms with Crippen LogP contribution in [0.1, 0.15) is 18.7 Å². The van der Waals surface area contributed by atoms with Crippen LogP contribution in [-0.2, 0) is 22.6 Å². The fourth-order valence-corrected chi connectivity index (χ4v) is 4.11. The Kier molecular flexibility index (Phi) is 7.33. The minimum atomic E-state index is -0.360. The molecule has 3 aromatic rings. The third kappa shape index (κ3) is 6.04. The number of nitrogens with zero attached hydrogens (tertiary/aromatic N) is 3. The molecule has 2 heterocycles. The summed E-state index contributed by atoms with van der Waals surface area (Å²) in [5.41, 5.74) is 1.30. The van der Waals surface area contributed by atoms with Crippen LogP contribution in [0.5, 0.6) is 0 Å². The smallest absolute Gasteiger partial charge is 0.234 e. The summed E-state index contributed by atoms with van der Waals surface area (Å²) in [6.45, 7) is 1.72. The topological polar surface area (TPSA) is 81.1 Å². The number of thioether (sulfide) groups is 1. The second-order valence-corrected chi connectivity index (χ2v) is 8.29. The maximum Gasteiger partial charge on any atom is 0.234 e. The first-order valence-corrected chi connectivity index (χ1v) is 11.3. The largest absolute Gasteiger partial charge is 0.378 e. The number of rotatable bonds is 9. The van der Waals surface area contributed by atoms with Crippen molar-refractivity contribution >= 4 is 29.0 Å². The molecule has 1 aliphatic heterocycles. The number of halogens is 2. The molecule has 4 rings (SSSR count). The normalized spacial score (nSPS) is 15.6. The molecular weight excluding hydrogens is 436 g/mol. The summed E-state index contributed by atoms with van der Waals surface area (Å²) in [6, 6.07) is 11.7. The van der Waals surface area contributed by atoms with Gasteiger partial charge in [0.15, 0.2) is 11.0 Å². The molecule has 10 heteroatoms. The van der Waals surface area contributed by atoms with Crippen LogP contribution in [-0.4, -0.2) is 39.1 Å². The van der Waals surface area contributed by atoms with Crippen molar-refractivity contribution in [2.75, 3.05) is 23.0 Å². The van der Waals surface area contributed by atoms with Gasteiger partial charge in [0.1, 0.15) is 11.6 Å². The molecule has 1 aliphatic rings. The number of benzene rings is 2. The summed E-state index contributed by atoms with van der Waals surface area (Å²) in [4.78, 5) is 12.3. The second-order valence-electron chi connectivity index (χ2n) is 7.35. The van der Waals surface area contributed by atoms with Crippen LogP contribution in [0, 0.1) is 11.6 Å². The Morgan fingerprint density at radius 2 is 1.75 bits per heavy atom. The lowest BCUT2D eigenvalue weighted by molar-refractivity contribution is -0.113. The van der Waals surface area contributed by atoms with Gasteiger partial charge in [-0.2, -0.15) is 0 Å². The van der Waals surface area contributed by atoms with Gasteiger partial charge in [-0.05, 0) is 61.4 Å². The number of anilines is 2. The average Bonchev–Trinajstić information content (AvgIpc) is 3.44. The number of ether oxygens (including phenoxy) is 1. The first-order chi connectivity index (χ1) is 15.6. The fourth-order valence-electron chi connectivity index (χ4n) is 3.34. The summed E-state index contributed by atoms with van der Waals surface area (Å²) in [6.07, 6.45) is 2.04. The lowest BCUT2D eigenvalue weighted by Gasteiger charge is -2.15. The van der Waals surface area contributed by atoms with Crippen LogP contribution >= 0.6 is 11.8 Å². The molecule has 2 aromatic carbocycles. The second kappa shape index (κ2) is 10.6. The van der Waals surface area contributed by atoms with Crippen molar-refractivity contribution in [3.63, 3.8) is 0 Å². The summed E-state index contributed by atoms with van der Waals surface area (Å²) in [5, 5.41) is 15.1. The van der Waals surface area contributed by atoms with Crippen LogP contribution in [0.2, 0.25) is 0 Å². The standard InChI is InChI=1S/C22H23F2N5O2S/c23-15-3-7-17(8-4-15)25-12-20-27-28-22(29(20)13-19-2-1-11-31-19)32-14-21(30)26-18-9-5-16(24)6-10-18/h3-10,19,25H,1-2,11-14H2,(H,26,30)/t19-/m1/s1. The zero-order valence-electron chi connectivity index (χ0n) is 17.3. The maximum atomic E-state index is 13.1. The van der Waals surface area contributed by atoms with Crippen molar-refractivity contribution in [3.8, 4) is 0 Å². The molecule has 7 nitrogen and oxygen atoms in total. The summed E-state index contributed by atoms with van der Waals surface area (Å²) in [5.74, 6) is -0.0477. The lowest BCUT2D eigenvalue weighted by Crippen LogP contribution is -2.20. The molecule has 1 saturated heterocycles. The third-order valence-electron chi connectivity index (χ3n) is 4.96.